The van der Waals surface area contributed by atoms with Crippen LogP contribution in [0.15, 0.2) is 35.7 Å². The molecule has 8 heteroatoms. The van der Waals surface area contributed by atoms with Gasteiger partial charge in [-0.3, -0.25) is 0 Å². The van der Waals surface area contributed by atoms with Crippen LogP contribution in [-0.4, -0.2) is 57.4 Å². The Labute approximate surface area is 132 Å². The lowest BCUT2D eigenvalue weighted by molar-refractivity contribution is 0.275. The zero-order valence-electron chi connectivity index (χ0n) is 12.4. The van der Waals surface area contributed by atoms with E-state index in [0.717, 1.165) is 5.56 Å². The lowest BCUT2D eigenvalue weighted by atomic mass is 10.2. The Morgan fingerprint density at radius 3 is 2.05 bits per heavy atom. The van der Waals surface area contributed by atoms with Gasteiger partial charge in [0.05, 0.1) is 5.75 Å². The maximum Gasteiger partial charge on any atom is 0.236 e. The zero-order valence-corrected chi connectivity index (χ0v) is 14.1. The molecule has 1 aliphatic heterocycles. The lowest BCUT2D eigenvalue weighted by Crippen LogP contribution is -2.50. The van der Waals surface area contributed by atoms with E-state index in [2.05, 4.69) is 0 Å². The Balaban J connectivity index is 2.02. The van der Waals surface area contributed by atoms with Crippen molar-refractivity contribution >= 4 is 26.1 Å². The standard InChI is InChI=1S/C14H20N2O4S2/c1-2-21(17,18)15-9-11-16(12-10-15)22(19,20)13-8-14-6-4-3-5-7-14/h3-8,13H,2,9-12H2,1H3. The molecule has 0 N–H and O–H groups in total. The highest BCUT2D eigenvalue weighted by molar-refractivity contribution is 7.92. The van der Waals surface area contributed by atoms with Gasteiger partial charge < -0.3 is 0 Å². The Kier molecular flexibility index (Phi) is 5.38. The number of nitrogens with zero attached hydrogens (tertiary/aromatic N) is 2. The number of hydrogen-bond donors (Lipinski definition) is 0. The number of hydrogen-bond acceptors (Lipinski definition) is 4. The van der Waals surface area contributed by atoms with Crippen LogP contribution in [-0.2, 0) is 20.0 Å². The summed E-state index contributed by atoms with van der Waals surface area (Å²) >= 11 is 0. The Bertz CT molecular complexity index is 719. The van der Waals surface area contributed by atoms with E-state index >= 15 is 0 Å². The van der Waals surface area contributed by atoms with Crippen LogP contribution in [0.2, 0.25) is 0 Å². The van der Waals surface area contributed by atoms with E-state index in [4.69, 9.17) is 0 Å². The molecule has 0 saturated carbocycles. The molecule has 0 unspecified atom stereocenters. The quantitative estimate of drug-likeness (QED) is 0.797. The van der Waals surface area contributed by atoms with Crippen LogP contribution < -0.4 is 0 Å². The molecule has 0 spiro atoms. The van der Waals surface area contributed by atoms with Crippen molar-refractivity contribution in [1.82, 2.24) is 8.61 Å². The van der Waals surface area contributed by atoms with E-state index < -0.39 is 20.0 Å². The third-order valence-corrected chi connectivity index (χ3v) is 6.99. The normalized spacial score (nSPS) is 18.8. The van der Waals surface area contributed by atoms with Crippen molar-refractivity contribution in [3.63, 3.8) is 0 Å². The SMILES string of the molecule is CCS(=O)(=O)N1CCN(S(=O)(=O)C=Cc2ccccc2)CC1. The lowest BCUT2D eigenvalue weighted by Gasteiger charge is -2.32. The van der Waals surface area contributed by atoms with Crippen molar-refractivity contribution < 1.29 is 16.8 Å². The average molecular weight is 344 g/mol. The molecule has 1 aromatic carbocycles. The molecule has 122 valence electrons. The fraction of sp³-hybridized carbons (Fsp3) is 0.429. The number of rotatable bonds is 5. The Hall–Kier alpha value is -1.22. The smallest absolute Gasteiger partial charge is 0.212 e. The molecule has 0 aliphatic carbocycles. The van der Waals surface area contributed by atoms with E-state index in [1.54, 1.807) is 13.0 Å². The van der Waals surface area contributed by atoms with Crippen molar-refractivity contribution in [2.24, 2.45) is 0 Å². The third kappa shape index (κ3) is 4.16. The predicted octanol–water partition coefficient (Wildman–Crippen LogP) is 0.954. The van der Waals surface area contributed by atoms with Gasteiger partial charge in [-0.15, -0.1) is 0 Å². The summed E-state index contributed by atoms with van der Waals surface area (Å²) in [5, 5.41) is 1.17. The second-order valence-electron chi connectivity index (χ2n) is 4.96. The monoisotopic (exact) mass is 344 g/mol. The molecule has 2 rings (SSSR count). The van der Waals surface area contributed by atoms with Crippen molar-refractivity contribution in [3.05, 3.63) is 41.3 Å². The summed E-state index contributed by atoms with van der Waals surface area (Å²) < 4.78 is 50.7. The highest BCUT2D eigenvalue weighted by Gasteiger charge is 2.29. The van der Waals surface area contributed by atoms with Gasteiger partial charge in [0.25, 0.3) is 0 Å². The molecule has 1 heterocycles. The van der Waals surface area contributed by atoms with E-state index in [1.165, 1.54) is 14.0 Å². The van der Waals surface area contributed by atoms with Crippen LogP contribution >= 0.6 is 0 Å². The first kappa shape index (κ1) is 17.1. The van der Waals surface area contributed by atoms with Crippen LogP contribution in [0.3, 0.4) is 0 Å². The van der Waals surface area contributed by atoms with Gasteiger partial charge in [0.1, 0.15) is 0 Å². The van der Waals surface area contributed by atoms with Gasteiger partial charge in [-0.05, 0) is 18.6 Å². The maximum absolute atomic E-state index is 12.3. The van der Waals surface area contributed by atoms with Crippen LogP contribution in [0.25, 0.3) is 6.08 Å². The molecule has 1 aliphatic rings. The molecule has 0 atom stereocenters. The molecule has 0 amide bonds. The molecule has 6 nitrogen and oxygen atoms in total. The topological polar surface area (TPSA) is 74.8 Å². The fourth-order valence-corrected chi connectivity index (χ4v) is 4.46. The predicted molar refractivity (Wildman–Crippen MR) is 87.0 cm³/mol. The number of benzene rings is 1. The molecule has 0 aromatic heterocycles. The first-order valence-electron chi connectivity index (χ1n) is 7.06. The summed E-state index contributed by atoms with van der Waals surface area (Å²) in [5.74, 6) is 0.0354. The summed E-state index contributed by atoms with van der Waals surface area (Å²) in [6.45, 7) is 2.35. The Morgan fingerprint density at radius 2 is 1.50 bits per heavy atom. The zero-order chi connectivity index (χ0) is 16.2. The summed E-state index contributed by atoms with van der Waals surface area (Å²) in [7, 11) is -6.78. The van der Waals surface area contributed by atoms with Crippen LogP contribution in [0, 0.1) is 0 Å². The highest BCUT2D eigenvalue weighted by atomic mass is 32.2. The van der Waals surface area contributed by atoms with E-state index in [-0.39, 0.29) is 31.9 Å². The summed E-state index contributed by atoms with van der Waals surface area (Å²) in [4.78, 5) is 0. The maximum atomic E-state index is 12.3. The van der Waals surface area contributed by atoms with Gasteiger partial charge in [-0.1, -0.05) is 30.3 Å². The van der Waals surface area contributed by atoms with E-state index in [0.29, 0.717) is 0 Å². The molecule has 0 radical (unpaired) electrons. The second kappa shape index (κ2) is 6.91. The van der Waals surface area contributed by atoms with Crippen LogP contribution in [0.1, 0.15) is 12.5 Å². The second-order valence-corrected chi connectivity index (χ2v) is 9.03. The fourth-order valence-electron chi connectivity index (χ4n) is 2.20. The van der Waals surface area contributed by atoms with E-state index in [9.17, 15) is 16.8 Å². The molecule has 1 fully saturated rings. The molecular formula is C14H20N2O4S2. The number of sulfonamides is 2. The van der Waals surface area contributed by atoms with Gasteiger partial charge in [0, 0.05) is 31.6 Å². The highest BCUT2D eigenvalue weighted by Crippen LogP contribution is 2.13. The van der Waals surface area contributed by atoms with Crippen molar-refractivity contribution in [3.8, 4) is 0 Å². The molecular weight excluding hydrogens is 324 g/mol. The molecule has 1 aromatic rings. The minimum absolute atomic E-state index is 0.0354. The van der Waals surface area contributed by atoms with Gasteiger partial charge in [0.2, 0.25) is 20.0 Å². The van der Waals surface area contributed by atoms with Gasteiger partial charge in [-0.2, -0.15) is 8.61 Å². The first-order chi connectivity index (χ1) is 10.3. The summed E-state index contributed by atoms with van der Waals surface area (Å²) in [5.41, 5.74) is 0.804. The van der Waals surface area contributed by atoms with Gasteiger partial charge >= 0.3 is 0 Å². The van der Waals surface area contributed by atoms with Crippen LogP contribution in [0.5, 0.6) is 0 Å². The first-order valence-corrected chi connectivity index (χ1v) is 10.2. The largest absolute Gasteiger partial charge is 0.236 e. The molecule has 22 heavy (non-hydrogen) atoms. The van der Waals surface area contributed by atoms with E-state index in [1.807, 2.05) is 30.3 Å². The van der Waals surface area contributed by atoms with Gasteiger partial charge in [-0.25, -0.2) is 16.8 Å². The van der Waals surface area contributed by atoms with Crippen molar-refractivity contribution in [2.45, 2.75) is 6.92 Å². The molecule has 1 saturated heterocycles. The minimum atomic E-state index is -3.53. The minimum Gasteiger partial charge on any atom is -0.212 e. The average Bonchev–Trinajstić information content (AvgIpc) is 2.54. The van der Waals surface area contributed by atoms with Crippen molar-refractivity contribution in [1.29, 1.82) is 0 Å². The molecule has 0 bridgehead atoms. The van der Waals surface area contributed by atoms with Crippen molar-refractivity contribution in [2.75, 3.05) is 31.9 Å². The third-order valence-electron chi connectivity index (χ3n) is 3.55. The van der Waals surface area contributed by atoms with Crippen LogP contribution in [0.4, 0.5) is 0 Å². The summed E-state index contributed by atoms with van der Waals surface area (Å²) in [6, 6.07) is 9.16. The summed E-state index contributed by atoms with van der Waals surface area (Å²) in [6.07, 6.45) is 1.55. The Morgan fingerprint density at radius 1 is 0.955 bits per heavy atom. The number of piperazine rings is 1. The van der Waals surface area contributed by atoms with Gasteiger partial charge in [0.15, 0.2) is 0 Å².